The topological polar surface area (TPSA) is 34.1 Å². The van der Waals surface area contributed by atoms with E-state index in [-0.39, 0.29) is 5.82 Å². The lowest BCUT2D eigenvalue weighted by atomic mass is 10.3. The maximum Gasteiger partial charge on any atom is 0.141 e. The Bertz CT molecular complexity index is 268. The van der Waals surface area contributed by atoms with Gasteiger partial charge in [-0.3, -0.25) is 4.98 Å². The molecule has 0 bridgehead atoms. The molecule has 0 aliphatic heterocycles. The summed E-state index contributed by atoms with van der Waals surface area (Å²) in [6.45, 7) is 2.26. The Morgan fingerprint density at radius 3 is 3.07 bits per heavy atom. The van der Waals surface area contributed by atoms with Crippen molar-refractivity contribution >= 4 is 0 Å². The highest BCUT2D eigenvalue weighted by molar-refractivity contribution is 5.09. The number of nitrogens with zero attached hydrogens (tertiary/aromatic N) is 1. The number of halogens is 1. The summed E-state index contributed by atoms with van der Waals surface area (Å²) in [5, 5.41) is 3.18. The van der Waals surface area contributed by atoms with Gasteiger partial charge in [0.25, 0.3) is 0 Å². The van der Waals surface area contributed by atoms with Gasteiger partial charge >= 0.3 is 0 Å². The first-order chi connectivity index (χ1) is 6.83. The molecule has 1 aromatic heterocycles. The van der Waals surface area contributed by atoms with Gasteiger partial charge < -0.3 is 10.1 Å². The zero-order valence-corrected chi connectivity index (χ0v) is 8.29. The van der Waals surface area contributed by atoms with Crippen LogP contribution in [0.3, 0.4) is 0 Å². The summed E-state index contributed by atoms with van der Waals surface area (Å²) in [6.07, 6.45) is 3.82. The molecular weight excluding hydrogens is 183 g/mol. The molecule has 1 rings (SSSR count). The highest BCUT2D eigenvalue weighted by Crippen LogP contribution is 1.99. The Hall–Kier alpha value is -1.00. The van der Waals surface area contributed by atoms with Crippen LogP contribution in [0.25, 0.3) is 0 Å². The van der Waals surface area contributed by atoms with Crippen LogP contribution in [0, 0.1) is 5.82 Å². The number of hydrogen-bond acceptors (Lipinski definition) is 3. The van der Waals surface area contributed by atoms with Gasteiger partial charge in [0.1, 0.15) is 5.82 Å². The van der Waals surface area contributed by atoms with Crippen LogP contribution in [-0.2, 0) is 11.3 Å². The van der Waals surface area contributed by atoms with Crippen LogP contribution in [0.1, 0.15) is 12.0 Å². The maximum absolute atomic E-state index is 12.7. The number of rotatable bonds is 6. The third kappa shape index (κ3) is 4.30. The first kappa shape index (κ1) is 11.1. The molecule has 0 spiro atoms. The van der Waals surface area contributed by atoms with Crippen molar-refractivity contribution in [2.75, 3.05) is 20.3 Å². The summed E-state index contributed by atoms with van der Waals surface area (Å²) in [7, 11) is 1.68. The monoisotopic (exact) mass is 198 g/mol. The molecule has 0 amide bonds. The van der Waals surface area contributed by atoms with Crippen molar-refractivity contribution in [2.45, 2.75) is 13.0 Å². The normalized spacial score (nSPS) is 10.4. The molecule has 0 atom stereocenters. The SMILES string of the molecule is COCCCNCc1cncc(F)c1. The molecule has 4 heteroatoms. The minimum absolute atomic E-state index is 0.291. The molecular formula is C10H15FN2O. The minimum Gasteiger partial charge on any atom is -0.385 e. The fraction of sp³-hybridized carbons (Fsp3) is 0.500. The van der Waals surface area contributed by atoms with Crippen molar-refractivity contribution in [1.82, 2.24) is 10.3 Å². The van der Waals surface area contributed by atoms with Crippen molar-refractivity contribution in [3.05, 3.63) is 29.8 Å². The lowest BCUT2D eigenvalue weighted by molar-refractivity contribution is 0.194. The fourth-order valence-electron chi connectivity index (χ4n) is 1.13. The second-order valence-electron chi connectivity index (χ2n) is 3.03. The number of ether oxygens (including phenoxy) is 1. The van der Waals surface area contributed by atoms with Gasteiger partial charge in [0.05, 0.1) is 6.20 Å². The van der Waals surface area contributed by atoms with Crippen LogP contribution < -0.4 is 5.32 Å². The number of hydrogen-bond donors (Lipinski definition) is 1. The summed E-state index contributed by atoms with van der Waals surface area (Å²) in [5.41, 5.74) is 0.863. The van der Waals surface area contributed by atoms with Crippen molar-refractivity contribution in [1.29, 1.82) is 0 Å². The van der Waals surface area contributed by atoms with E-state index in [0.29, 0.717) is 6.54 Å². The van der Waals surface area contributed by atoms with Gasteiger partial charge in [0.2, 0.25) is 0 Å². The zero-order chi connectivity index (χ0) is 10.2. The van der Waals surface area contributed by atoms with Crippen molar-refractivity contribution in [3.63, 3.8) is 0 Å². The average Bonchev–Trinajstić information content (AvgIpc) is 2.18. The second-order valence-corrected chi connectivity index (χ2v) is 3.03. The number of methoxy groups -OCH3 is 1. The first-order valence-electron chi connectivity index (χ1n) is 4.62. The largest absolute Gasteiger partial charge is 0.385 e. The van der Waals surface area contributed by atoms with Crippen LogP contribution >= 0.6 is 0 Å². The molecule has 0 radical (unpaired) electrons. The quantitative estimate of drug-likeness (QED) is 0.700. The van der Waals surface area contributed by atoms with Gasteiger partial charge in [-0.15, -0.1) is 0 Å². The molecule has 0 saturated carbocycles. The lowest BCUT2D eigenvalue weighted by Gasteiger charge is -2.03. The van der Waals surface area contributed by atoms with Crippen LogP contribution in [0.2, 0.25) is 0 Å². The van der Waals surface area contributed by atoms with Crippen molar-refractivity contribution < 1.29 is 9.13 Å². The molecule has 14 heavy (non-hydrogen) atoms. The summed E-state index contributed by atoms with van der Waals surface area (Å²) in [4.78, 5) is 3.76. The van der Waals surface area contributed by atoms with E-state index in [2.05, 4.69) is 10.3 Å². The predicted octanol–water partition coefficient (Wildman–Crippen LogP) is 1.35. The standard InChI is InChI=1S/C10H15FN2O/c1-14-4-2-3-12-6-9-5-10(11)8-13-7-9/h5,7-8,12H,2-4,6H2,1H3. The summed E-state index contributed by atoms with van der Waals surface area (Å²) >= 11 is 0. The van der Waals surface area contributed by atoms with E-state index in [1.54, 1.807) is 13.3 Å². The highest BCUT2D eigenvalue weighted by Gasteiger charge is 1.95. The van der Waals surface area contributed by atoms with Gasteiger partial charge in [-0.25, -0.2) is 4.39 Å². The Kier molecular flexibility index (Phi) is 5.11. The van der Waals surface area contributed by atoms with Crippen LogP contribution in [0.15, 0.2) is 18.5 Å². The first-order valence-corrected chi connectivity index (χ1v) is 4.62. The van der Waals surface area contributed by atoms with E-state index in [9.17, 15) is 4.39 Å². The maximum atomic E-state index is 12.7. The van der Waals surface area contributed by atoms with E-state index in [1.165, 1.54) is 12.3 Å². The molecule has 0 fully saturated rings. The van der Waals surface area contributed by atoms with E-state index in [1.807, 2.05) is 0 Å². The van der Waals surface area contributed by atoms with Crippen LogP contribution in [-0.4, -0.2) is 25.2 Å². The molecule has 0 saturated heterocycles. The van der Waals surface area contributed by atoms with Crippen LogP contribution in [0.5, 0.6) is 0 Å². The van der Waals surface area contributed by atoms with Gasteiger partial charge in [0, 0.05) is 26.5 Å². The number of pyridine rings is 1. The number of aromatic nitrogens is 1. The van der Waals surface area contributed by atoms with E-state index < -0.39 is 0 Å². The minimum atomic E-state index is -0.291. The highest BCUT2D eigenvalue weighted by atomic mass is 19.1. The van der Waals surface area contributed by atoms with Gasteiger partial charge in [-0.05, 0) is 24.6 Å². The Labute approximate surface area is 83.3 Å². The van der Waals surface area contributed by atoms with Gasteiger partial charge in [-0.2, -0.15) is 0 Å². The van der Waals surface area contributed by atoms with E-state index in [0.717, 1.165) is 25.1 Å². The number of nitrogens with one attached hydrogen (secondary N) is 1. The third-order valence-corrected chi connectivity index (χ3v) is 1.79. The molecule has 78 valence electrons. The molecule has 0 aliphatic rings. The summed E-state index contributed by atoms with van der Waals surface area (Å²) in [6, 6.07) is 1.48. The molecule has 1 aromatic rings. The lowest BCUT2D eigenvalue weighted by Crippen LogP contribution is -2.16. The molecule has 1 heterocycles. The zero-order valence-electron chi connectivity index (χ0n) is 8.29. The summed E-state index contributed by atoms with van der Waals surface area (Å²) < 4.78 is 17.6. The molecule has 0 unspecified atom stereocenters. The molecule has 0 aliphatic carbocycles. The van der Waals surface area contributed by atoms with Crippen molar-refractivity contribution in [3.8, 4) is 0 Å². The fourth-order valence-corrected chi connectivity index (χ4v) is 1.13. The summed E-state index contributed by atoms with van der Waals surface area (Å²) in [5.74, 6) is -0.291. The Balaban J connectivity index is 2.18. The van der Waals surface area contributed by atoms with Gasteiger partial charge in [-0.1, -0.05) is 0 Å². The second kappa shape index (κ2) is 6.45. The third-order valence-electron chi connectivity index (χ3n) is 1.79. The van der Waals surface area contributed by atoms with Crippen LogP contribution in [0.4, 0.5) is 4.39 Å². The smallest absolute Gasteiger partial charge is 0.141 e. The Morgan fingerprint density at radius 2 is 2.36 bits per heavy atom. The molecule has 0 aromatic carbocycles. The van der Waals surface area contributed by atoms with E-state index >= 15 is 0 Å². The molecule has 1 N–H and O–H groups in total. The van der Waals surface area contributed by atoms with Gasteiger partial charge in [0.15, 0.2) is 0 Å². The Morgan fingerprint density at radius 1 is 1.50 bits per heavy atom. The van der Waals surface area contributed by atoms with Crippen molar-refractivity contribution in [2.24, 2.45) is 0 Å². The average molecular weight is 198 g/mol. The van der Waals surface area contributed by atoms with E-state index in [4.69, 9.17) is 4.74 Å². The molecule has 3 nitrogen and oxygen atoms in total. The predicted molar refractivity (Wildman–Crippen MR) is 52.4 cm³/mol.